The molecule has 0 unspecified atom stereocenters. The Morgan fingerprint density at radius 2 is 2.06 bits per heavy atom. The summed E-state index contributed by atoms with van der Waals surface area (Å²) in [5.41, 5.74) is -0.335. The van der Waals surface area contributed by atoms with Crippen LogP contribution in [0.3, 0.4) is 0 Å². The van der Waals surface area contributed by atoms with Crippen LogP contribution in [0.2, 0.25) is 0 Å². The fourth-order valence-corrected chi connectivity index (χ4v) is 2.95. The van der Waals surface area contributed by atoms with Gasteiger partial charge in [0.2, 0.25) is 0 Å². The molecule has 0 fully saturated rings. The minimum Gasteiger partial charge on any atom is -0.348 e. The van der Waals surface area contributed by atoms with Gasteiger partial charge in [-0.3, -0.25) is 4.79 Å². The van der Waals surface area contributed by atoms with Crippen molar-refractivity contribution in [2.24, 2.45) is 0 Å². The summed E-state index contributed by atoms with van der Waals surface area (Å²) in [5, 5.41) is 0. The van der Waals surface area contributed by atoms with Crippen molar-refractivity contribution in [2.45, 2.75) is 12.7 Å². The number of hydrogen-bond donors (Lipinski definition) is 0. The second-order valence-corrected chi connectivity index (χ2v) is 6.15. The van der Waals surface area contributed by atoms with Gasteiger partial charge in [-0.1, -0.05) is 0 Å². The Morgan fingerprint density at radius 1 is 1.33 bits per heavy atom. The molecule has 18 heavy (non-hydrogen) atoms. The molecule has 0 spiro atoms. The van der Waals surface area contributed by atoms with Gasteiger partial charge in [0.1, 0.15) is 0 Å². The average Bonchev–Trinajstić information content (AvgIpc) is 2.86. The number of halogens is 4. The highest BCUT2D eigenvalue weighted by atomic mass is 79.9. The third kappa shape index (κ3) is 3.02. The third-order valence-corrected chi connectivity index (χ3v) is 3.85. The highest BCUT2D eigenvalue weighted by Gasteiger charge is 2.39. The number of alkyl halides is 3. The van der Waals surface area contributed by atoms with E-state index in [1.807, 2.05) is 12.1 Å². The number of ketones is 1. The van der Waals surface area contributed by atoms with Crippen molar-refractivity contribution in [1.82, 2.24) is 4.57 Å². The number of aromatic nitrogens is 1. The first-order chi connectivity index (χ1) is 8.36. The fraction of sp³-hybridized carbons (Fsp3) is 0.182. The Balaban J connectivity index is 2.14. The van der Waals surface area contributed by atoms with Crippen LogP contribution >= 0.6 is 27.3 Å². The molecule has 0 aliphatic heterocycles. The van der Waals surface area contributed by atoms with Gasteiger partial charge in [0.05, 0.1) is 10.3 Å². The molecule has 2 rings (SSSR count). The summed E-state index contributed by atoms with van der Waals surface area (Å²) >= 11 is 4.80. The van der Waals surface area contributed by atoms with E-state index in [2.05, 4.69) is 15.9 Å². The zero-order valence-corrected chi connectivity index (χ0v) is 11.3. The molecule has 0 radical (unpaired) electrons. The maximum Gasteiger partial charge on any atom is 0.454 e. The molecule has 2 aromatic heterocycles. The molecule has 0 saturated heterocycles. The van der Waals surface area contributed by atoms with E-state index in [1.165, 1.54) is 29.8 Å². The first kappa shape index (κ1) is 13.4. The summed E-state index contributed by atoms with van der Waals surface area (Å²) in [6.07, 6.45) is -2.14. The Bertz CT molecular complexity index is 573. The normalized spacial score (nSPS) is 11.8. The molecule has 0 N–H and O–H groups in total. The second kappa shape index (κ2) is 4.89. The van der Waals surface area contributed by atoms with Gasteiger partial charge >= 0.3 is 6.18 Å². The van der Waals surface area contributed by atoms with Gasteiger partial charge in [-0.25, -0.2) is 0 Å². The molecule has 0 aliphatic carbocycles. The summed E-state index contributed by atoms with van der Waals surface area (Å²) in [6.45, 7) is 0.446. The molecule has 96 valence electrons. The van der Waals surface area contributed by atoms with E-state index in [9.17, 15) is 18.0 Å². The maximum absolute atomic E-state index is 12.2. The summed E-state index contributed by atoms with van der Waals surface area (Å²) in [5.74, 6) is -1.81. The van der Waals surface area contributed by atoms with Crippen LogP contribution in [0.4, 0.5) is 13.2 Å². The summed E-state index contributed by atoms with van der Waals surface area (Å²) < 4.78 is 39.1. The number of hydrogen-bond acceptors (Lipinski definition) is 2. The van der Waals surface area contributed by atoms with E-state index in [0.717, 1.165) is 8.66 Å². The monoisotopic (exact) mass is 337 g/mol. The number of carbonyl (C=O) groups excluding carboxylic acids is 1. The lowest BCUT2D eigenvalue weighted by atomic mass is 10.2. The summed E-state index contributed by atoms with van der Waals surface area (Å²) in [4.78, 5) is 12.0. The number of nitrogens with zero attached hydrogens (tertiary/aromatic N) is 1. The van der Waals surface area contributed by atoms with E-state index >= 15 is 0 Å². The van der Waals surface area contributed by atoms with Crippen molar-refractivity contribution < 1.29 is 18.0 Å². The van der Waals surface area contributed by atoms with Crippen molar-refractivity contribution in [3.05, 3.63) is 44.8 Å². The average molecular weight is 338 g/mol. The molecule has 0 aliphatic rings. The van der Waals surface area contributed by atoms with Crippen LogP contribution in [0.25, 0.3) is 0 Å². The van der Waals surface area contributed by atoms with Gasteiger partial charge in [0.25, 0.3) is 5.78 Å². The predicted octanol–water partition coefficient (Wildman–Crippen LogP) is 4.11. The first-order valence-electron chi connectivity index (χ1n) is 4.88. The smallest absolute Gasteiger partial charge is 0.348 e. The SMILES string of the molecule is O=C(c1ccn(Cc2ccc(Br)s2)c1)C(F)(F)F. The number of rotatable bonds is 3. The fourth-order valence-electron chi connectivity index (χ4n) is 1.45. The van der Waals surface area contributed by atoms with Crippen LogP contribution in [-0.4, -0.2) is 16.5 Å². The molecular weight excluding hydrogens is 331 g/mol. The van der Waals surface area contributed by atoms with E-state index in [1.54, 1.807) is 4.57 Å². The van der Waals surface area contributed by atoms with Gasteiger partial charge in [-0.05, 0) is 34.1 Å². The predicted molar refractivity (Wildman–Crippen MR) is 65.9 cm³/mol. The Morgan fingerprint density at radius 3 is 2.61 bits per heavy atom. The van der Waals surface area contributed by atoms with Crippen LogP contribution in [0.5, 0.6) is 0 Å². The van der Waals surface area contributed by atoms with Crippen LogP contribution in [0, 0.1) is 0 Å². The molecule has 2 heterocycles. The highest BCUT2D eigenvalue weighted by molar-refractivity contribution is 9.11. The molecule has 0 amide bonds. The van der Waals surface area contributed by atoms with Crippen LogP contribution in [0.15, 0.2) is 34.4 Å². The second-order valence-electron chi connectivity index (χ2n) is 3.61. The lowest BCUT2D eigenvalue weighted by molar-refractivity contribution is -0.0885. The molecular formula is C11H7BrF3NOS. The van der Waals surface area contributed by atoms with Crippen LogP contribution in [0.1, 0.15) is 15.2 Å². The van der Waals surface area contributed by atoms with Gasteiger partial charge in [0.15, 0.2) is 0 Å². The Hall–Kier alpha value is -1.08. The largest absolute Gasteiger partial charge is 0.454 e. The van der Waals surface area contributed by atoms with Gasteiger partial charge in [0, 0.05) is 22.8 Å². The van der Waals surface area contributed by atoms with Gasteiger partial charge in [-0.15, -0.1) is 11.3 Å². The van der Waals surface area contributed by atoms with Gasteiger partial charge in [-0.2, -0.15) is 13.2 Å². The lowest BCUT2D eigenvalue weighted by Gasteiger charge is -2.02. The van der Waals surface area contributed by atoms with Crippen molar-refractivity contribution in [1.29, 1.82) is 0 Å². The summed E-state index contributed by atoms with van der Waals surface area (Å²) in [6, 6.07) is 4.92. The van der Waals surface area contributed by atoms with E-state index < -0.39 is 12.0 Å². The van der Waals surface area contributed by atoms with E-state index in [0.29, 0.717) is 6.54 Å². The van der Waals surface area contributed by atoms with Crippen LogP contribution in [-0.2, 0) is 6.54 Å². The van der Waals surface area contributed by atoms with Crippen molar-refractivity contribution in [2.75, 3.05) is 0 Å². The maximum atomic E-state index is 12.2. The lowest BCUT2D eigenvalue weighted by Crippen LogP contribution is -2.22. The molecule has 0 bridgehead atoms. The van der Waals surface area contributed by atoms with Crippen LogP contribution < -0.4 is 0 Å². The minimum atomic E-state index is -4.82. The molecule has 0 aromatic carbocycles. The number of thiophene rings is 1. The first-order valence-corrected chi connectivity index (χ1v) is 6.49. The molecule has 0 atom stereocenters. The highest BCUT2D eigenvalue weighted by Crippen LogP contribution is 2.24. The zero-order chi connectivity index (χ0) is 13.3. The van der Waals surface area contributed by atoms with Crippen molar-refractivity contribution in [3.63, 3.8) is 0 Å². The molecule has 0 saturated carbocycles. The van der Waals surface area contributed by atoms with E-state index in [-0.39, 0.29) is 5.56 Å². The quantitative estimate of drug-likeness (QED) is 0.772. The van der Waals surface area contributed by atoms with E-state index in [4.69, 9.17) is 0 Å². The Kier molecular flexibility index (Phi) is 3.63. The zero-order valence-electron chi connectivity index (χ0n) is 8.87. The molecule has 7 heteroatoms. The number of Topliss-reactive ketones (excluding diaryl/α,β-unsaturated/α-hetero) is 1. The van der Waals surface area contributed by atoms with Crippen molar-refractivity contribution in [3.8, 4) is 0 Å². The Labute approximate surface area is 113 Å². The minimum absolute atomic E-state index is 0.335. The third-order valence-electron chi connectivity index (χ3n) is 2.24. The number of carbonyl (C=O) groups is 1. The molecule has 2 aromatic rings. The standard InChI is InChI=1S/C11H7BrF3NOS/c12-9-2-1-8(18-9)6-16-4-3-7(5-16)10(17)11(13,14)15/h1-5H,6H2. The topological polar surface area (TPSA) is 22.0 Å². The molecule has 2 nitrogen and oxygen atoms in total. The van der Waals surface area contributed by atoms with Gasteiger partial charge < -0.3 is 4.57 Å². The van der Waals surface area contributed by atoms with Crippen molar-refractivity contribution >= 4 is 33.0 Å². The summed E-state index contributed by atoms with van der Waals surface area (Å²) in [7, 11) is 0.